The third-order valence-corrected chi connectivity index (χ3v) is 5.24. The molecule has 2 unspecified atom stereocenters. The second kappa shape index (κ2) is 7.45. The number of hydrogen-bond acceptors (Lipinski definition) is 3. The van der Waals surface area contributed by atoms with Crippen molar-refractivity contribution in [3.63, 3.8) is 0 Å². The van der Waals surface area contributed by atoms with Gasteiger partial charge in [0, 0.05) is 38.8 Å². The Bertz CT molecular complexity index is 522. The Morgan fingerprint density at radius 3 is 2.57 bits per heavy atom. The SMILES string of the molecule is CCC1CNCCN1C(C(=O)N1CCCC1)c1ccc(C)cc1. The summed E-state index contributed by atoms with van der Waals surface area (Å²) in [4.78, 5) is 17.8. The number of likely N-dealkylation sites (tertiary alicyclic amines) is 1. The zero-order valence-electron chi connectivity index (χ0n) is 14.4. The fourth-order valence-corrected chi connectivity index (χ4v) is 3.83. The Balaban J connectivity index is 1.91. The summed E-state index contributed by atoms with van der Waals surface area (Å²) in [5, 5.41) is 3.47. The molecule has 0 bridgehead atoms. The maximum Gasteiger partial charge on any atom is 0.244 e. The average Bonchev–Trinajstić information content (AvgIpc) is 3.12. The van der Waals surface area contributed by atoms with Crippen molar-refractivity contribution in [2.45, 2.75) is 45.2 Å². The van der Waals surface area contributed by atoms with Crippen LogP contribution in [0.4, 0.5) is 0 Å². The minimum atomic E-state index is -0.124. The molecule has 1 aromatic rings. The number of carbonyl (C=O) groups is 1. The van der Waals surface area contributed by atoms with E-state index in [2.05, 4.69) is 53.2 Å². The van der Waals surface area contributed by atoms with E-state index < -0.39 is 0 Å². The monoisotopic (exact) mass is 315 g/mol. The van der Waals surface area contributed by atoms with Crippen molar-refractivity contribution in [2.24, 2.45) is 0 Å². The molecule has 0 saturated carbocycles. The molecule has 2 atom stereocenters. The van der Waals surface area contributed by atoms with Gasteiger partial charge >= 0.3 is 0 Å². The molecule has 4 nitrogen and oxygen atoms in total. The standard InChI is InChI=1S/C19H29N3O/c1-3-17-14-20-10-13-22(17)18(16-8-6-15(2)7-9-16)19(23)21-11-4-5-12-21/h6-9,17-18,20H,3-5,10-14H2,1-2H3. The highest BCUT2D eigenvalue weighted by Gasteiger charge is 2.36. The van der Waals surface area contributed by atoms with Crippen LogP contribution in [0.1, 0.15) is 43.4 Å². The Labute approximate surface area is 139 Å². The van der Waals surface area contributed by atoms with E-state index in [4.69, 9.17) is 0 Å². The van der Waals surface area contributed by atoms with Crippen LogP contribution in [-0.2, 0) is 4.79 Å². The Morgan fingerprint density at radius 2 is 1.91 bits per heavy atom. The van der Waals surface area contributed by atoms with Gasteiger partial charge in [-0.1, -0.05) is 36.8 Å². The third kappa shape index (κ3) is 3.59. The fraction of sp³-hybridized carbons (Fsp3) is 0.632. The largest absolute Gasteiger partial charge is 0.341 e. The Hall–Kier alpha value is -1.39. The highest BCUT2D eigenvalue weighted by Crippen LogP contribution is 2.29. The number of piperazine rings is 1. The predicted octanol–water partition coefficient (Wildman–Crippen LogP) is 2.34. The van der Waals surface area contributed by atoms with E-state index in [-0.39, 0.29) is 6.04 Å². The van der Waals surface area contributed by atoms with Gasteiger partial charge in [-0.25, -0.2) is 0 Å². The van der Waals surface area contributed by atoms with Gasteiger partial charge in [0.05, 0.1) is 0 Å². The highest BCUT2D eigenvalue weighted by atomic mass is 16.2. The minimum absolute atomic E-state index is 0.124. The number of rotatable bonds is 4. The Morgan fingerprint density at radius 1 is 1.22 bits per heavy atom. The normalized spacial score (nSPS) is 23.9. The van der Waals surface area contributed by atoms with Crippen LogP contribution in [0, 0.1) is 6.92 Å². The topological polar surface area (TPSA) is 35.6 Å². The van der Waals surface area contributed by atoms with Crippen LogP contribution in [0.2, 0.25) is 0 Å². The number of amides is 1. The van der Waals surface area contributed by atoms with Gasteiger partial charge in [-0.2, -0.15) is 0 Å². The van der Waals surface area contributed by atoms with E-state index in [0.717, 1.165) is 57.5 Å². The molecule has 2 heterocycles. The highest BCUT2D eigenvalue weighted by molar-refractivity contribution is 5.83. The molecular weight excluding hydrogens is 286 g/mol. The van der Waals surface area contributed by atoms with Crippen LogP contribution >= 0.6 is 0 Å². The van der Waals surface area contributed by atoms with E-state index in [1.54, 1.807) is 0 Å². The third-order valence-electron chi connectivity index (χ3n) is 5.24. The van der Waals surface area contributed by atoms with Crippen molar-refractivity contribution in [2.75, 3.05) is 32.7 Å². The van der Waals surface area contributed by atoms with Crippen LogP contribution in [0.25, 0.3) is 0 Å². The van der Waals surface area contributed by atoms with E-state index in [1.165, 1.54) is 5.56 Å². The van der Waals surface area contributed by atoms with Crippen LogP contribution in [0.3, 0.4) is 0 Å². The summed E-state index contributed by atoms with van der Waals surface area (Å²) in [5.41, 5.74) is 2.39. The van der Waals surface area contributed by atoms with E-state index in [9.17, 15) is 4.79 Å². The van der Waals surface area contributed by atoms with Crippen molar-refractivity contribution in [1.29, 1.82) is 0 Å². The first-order chi connectivity index (χ1) is 11.2. The first kappa shape index (κ1) is 16.5. The summed E-state index contributed by atoms with van der Waals surface area (Å²) < 4.78 is 0. The molecule has 1 N–H and O–H groups in total. The zero-order chi connectivity index (χ0) is 16.2. The molecule has 2 saturated heterocycles. The maximum absolute atomic E-state index is 13.3. The lowest BCUT2D eigenvalue weighted by atomic mass is 9.98. The van der Waals surface area contributed by atoms with Crippen LogP contribution < -0.4 is 5.32 Å². The summed E-state index contributed by atoms with van der Waals surface area (Å²) in [5.74, 6) is 0.298. The molecule has 23 heavy (non-hydrogen) atoms. The second-order valence-electron chi connectivity index (χ2n) is 6.85. The molecule has 3 rings (SSSR count). The number of carbonyl (C=O) groups excluding carboxylic acids is 1. The molecule has 1 aromatic carbocycles. The molecule has 126 valence electrons. The molecule has 2 fully saturated rings. The fourth-order valence-electron chi connectivity index (χ4n) is 3.83. The van der Waals surface area contributed by atoms with E-state index >= 15 is 0 Å². The number of nitrogens with one attached hydrogen (secondary N) is 1. The summed E-state index contributed by atoms with van der Waals surface area (Å²) in [6, 6.07) is 8.85. The first-order valence-electron chi connectivity index (χ1n) is 9.02. The predicted molar refractivity (Wildman–Crippen MR) is 93.4 cm³/mol. The smallest absolute Gasteiger partial charge is 0.244 e. The summed E-state index contributed by atoms with van der Waals surface area (Å²) >= 11 is 0. The quantitative estimate of drug-likeness (QED) is 0.926. The van der Waals surface area contributed by atoms with Gasteiger partial charge in [0.2, 0.25) is 5.91 Å². The zero-order valence-corrected chi connectivity index (χ0v) is 14.4. The van der Waals surface area contributed by atoms with Gasteiger partial charge in [-0.15, -0.1) is 0 Å². The second-order valence-corrected chi connectivity index (χ2v) is 6.85. The van der Waals surface area contributed by atoms with Gasteiger partial charge in [0.15, 0.2) is 0 Å². The number of hydrogen-bond donors (Lipinski definition) is 1. The van der Waals surface area contributed by atoms with Crippen LogP contribution in [-0.4, -0.2) is 54.5 Å². The van der Waals surface area contributed by atoms with Crippen molar-refractivity contribution in [3.8, 4) is 0 Å². The number of aryl methyl sites for hydroxylation is 1. The number of benzene rings is 1. The lowest BCUT2D eigenvalue weighted by molar-refractivity contribution is -0.137. The van der Waals surface area contributed by atoms with E-state index in [0.29, 0.717) is 11.9 Å². The molecule has 0 aromatic heterocycles. The molecule has 4 heteroatoms. The molecule has 0 aliphatic carbocycles. The van der Waals surface area contributed by atoms with Crippen molar-refractivity contribution < 1.29 is 4.79 Å². The van der Waals surface area contributed by atoms with Crippen LogP contribution in [0.5, 0.6) is 0 Å². The van der Waals surface area contributed by atoms with Gasteiger partial charge in [-0.3, -0.25) is 9.69 Å². The number of nitrogens with zero attached hydrogens (tertiary/aromatic N) is 2. The summed E-state index contributed by atoms with van der Waals surface area (Å²) in [6.07, 6.45) is 3.36. The van der Waals surface area contributed by atoms with Gasteiger partial charge in [0.25, 0.3) is 0 Å². The first-order valence-corrected chi connectivity index (χ1v) is 9.02. The average molecular weight is 315 g/mol. The van der Waals surface area contributed by atoms with Gasteiger partial charge < -0.3 is 10.2 Å². The van der Waals surface area contributed by atoms with Gasteiger partial charge in [-0.05, 0) is 31.7 Å². The van der Waals surface area contributed by atoms with Crippen molar-refractivity contribution in [1.82, 2.24) is 15.1 Å². The molecule has 0 radical (unpaired) electrons. The Kier molecular flexibility index (Phi) is 5.34. The van der Waals surface area contributed by atoms with Crippen molar-refractivity contribution in [3.05, 3.63) is 35.4 Å². The molecule has 2 aliphatic rings. The van der Waals surface area contributed by atoms with Crippen LogP contribution in [0.15, 0.2) is 24.3 Å². The molecule has 2 aliphatic heterocycles. The van der Waals surface area contributed by atoms with E-state index in [1.807, 2.05) is 0 Å². The summed E-state index contributed by atoms with van der Waals surface area (Å²) in [6.45, 7) is 9.04. The lowest BCUT2D eigenvalue weighted by Gasteiger charge is -2.41. The molecular formula is C19H29N3O. The maximum atomic E-state index is 13.3. The lowest BCUT2D eigenvalue weighted by Crippen LogP contribution is -2.55. The van der Waals surface area contributed by atoms with Crippen molar-refractivity contribution >= 4 is 5.91 Å². The van der Waals surface area contributed by atoms with Gasteiger partial charge in [0.1, 0.15) is 6.04 Å². The molecule has 1 amide bonds. The summed E-state index contributed by atoms with van der Waals surface area (Å²) in [7, 11) is 0. The minimum Gasteiger partial charge on any atom is -0.341 e. The molecule has 0 spiro atoms.